The standard InChI is InChI=1S/C18H28N2O4/c1-18(2,3)24-17(21)20-14-10-16(23-5)15(22-4)9-13(14)8-12-6-7-19-11-12/h9-10,12,19H,6-8,11H2,1-5H3,(H,20,21). The Morgan fingerprint density at radius 1 is 1.25 bits per heavy atom. The van der Waals surface area contributed by atoms with E-state index in [4.69, 9.17) is 14.2 Å². The number of anilines is 1. The first-order chi connectivity index (χ1) is 11.3. The zero-order valence-electron chi connectivity index (χ0n) is 15.2. The number of nitrogens with one attached hydrogen (secondary N) is 2. The molecule has 0 spiro atoms. The number of hydrogen-bond acceptors (Lipinski definition) is 5. The molecule has 0 aliphatic carbocycles. The predicted molar refractivity (Wildman–Crippen MR) is 94.1 cm³/mol. The summed E-state index contributed by atoms with van der Waals surface area (Å²) >= 11 is 0. The second kappa shape index (κ2) is 7.75. The number of methoxy groups -OCH3 is 2. The molecule has 24 heavy (non-hydrogen) atoms. The summed E-state index contributed by atoms with van der Waals surface area (Å²) in [5, 5.41) is 6.22. The highest BCUT2D eigenvalue weighted by Crippen LogP contribution is 2.35. The van der Waals surface area contributed by atoms with Crippen LogP contribution in [0.5, 0.6) is 11.5 Å². The molecule has 1 amide bonds. The summed E-state index contributed by atoms with van der Waals surface area (Å²) in [6.45, 7) is 7.54. The molecule has 1 aliphatic heterocycles. The van der Waals surface area contributed by atoms with Gasteiger partial charge in [-0.3, -0.25) is 5.32 Å². The van der Waals surface area contributed by atoms with Crippen molar-refractivity contribution < 1.29 is 19.0 Å². The summed E-state index contributed by atoms with van der Waals surface area (Å²) in [4.78, 5) is 12.2. The fourth-order valence-electron chi connectivity index (χ4n) is 2.82. The highest BCUT2D eigenvalue weighted by molar-refractivity contribution is 5.86. The Bertz CT molecular complexity index is 575. The van der Waals surface area contributed by atoms with Crippen LogP contribution in [0.15, 0.2) is 12.1 Å². The first-order valence-corrected chi connectivity index (χ1v) is 8.28. The summed E-state index contributed by atoms with van der Waals surface area (Å²) in [7, 11) is 3.19. The number of carbonyl (C=O) groups is 1. The van der Waals surface area contributed by atoms with Crippen molar-refractivity contribution in [3.8, 4) is 11.5 Å². The summed E-state index contributed by atoms with van der Waals surface area (Å²) in [6, 6.07) is 3.73. The van der Waals surface area contributed by atoms with Crippen LogP contribution in [-0.4, -0.2) is 39.0 Å². The Morgan fingerprint density at radius 2 is 1.92 bits per heavy atom. The molecule has 0 saturated carbocycles. The quantitative estimate of drug-likeness (QED) is 0.864. The lowest BCUT2D eigenvalue weighted by Gasteiger charge is -2.22. The summed E-state index contributed by atoms with van der Waals surface area (Å²) in [5.41, 5.74) is 1.18. The predicted octanol–water partition coefficient (Wildman–Crippen LogP) is 3.20. The molecular weight excluding hydrogens is 308 g/mol. The number of amides is 1. The molecule has 1 atom stereocenters. The third-order valence-corrected chi connectivity index (χ3v) is 3.92. The molecule has 1 unspecified atom stereocenters. The molecule has 1 aromatic rings. The molecule has 0 aromatic heterocycles. The largest absolute Gasteiger partial charge is 0.493 e. The first-order valence-electron chi connectivity index (χ1n) is 8.28. The van der Waals surface area contributed by atoms with Crippen LogP contribution in [0.4, 0.5) is 10.5 Å². The van der Waals surface area contributed by atoms with E-state index in [0.29, 0.717) is 23.1 Å². The maximum atomic E-state index is 12.2. The van der Waals surface area contributed by atoms with Crippen LogP contribution in [0, 0.1) is 5.92 Å². The normalized spacial score (nSPS) is 17.5. The molecule has 1 heterocycles. The molecule has 0 radical (unpaired) electrons. The van der Waals surface area contributed by atoms with Gasteiger partial charge in [0.2, 0.25) is 0 Å². The molecule has 1 aromatic carbocycles. The maximum absolute atomic E-state index is 12.2. The van der Waals surface area contributed by atoms with Gasteiger partial charge in [0.05, 0.1) is 19.9 Å². The fourth-order valence-corrected chi connectivity index (χ4v) is 2.82. The molecule has 6 heteroatoms. The topological polar surface area (TPSA) is 68.8 Å². The van der Waals surface area contributed by atoms with Gasteiger partial charge in [0, 0.05) is 6.07 Å². The van der Waals surface area contributed by atoms with E-state index in [1.54, 1.807) is 20.3 Å². The number of ether oxygens (including phenoxy) is 3. The average Bonchev–Trinajstić information content (AvgIpc) is 2.99. The molecule has 134 valence electrons. The second-order valence-electron chi connectivity index (χ2n) is 7.05. The molecule has 1 aliphatic rings. The van der Waals surface area contributed by atoms with Gasteiger partial charge in [-0.05, 0) is 64.3 Å². The SMILES string of the molecule is COc1cc(CC2CCNC2)c(NC(=O)OC(C)(C)C)cc1OC. The Balaban J connectivity index is 2.26. The Labute approximate surface area is 143 Å². The highest BCUT2D eigenvalue weighted by Gasteiger charge is 2.22. The number of benzene rings is 1. The van der Waals surface area contributed by atoms with E-state index in [1.165, 1.54) is 0 Å². The van der Waals surface area contributed by atoms with E-state index >= 15 is 0 Å². The highest BCUT2D eigenvalue weighted by atomic mass is 16.6. The lowest BCUT2D eigenvalue weighted by atomic mass is 9.97. The van der Waals surface area contributed by atoms with Gasteiger partial charge in [-0.25, -0.2) is 4.79 Å². The maximum Gasteiger partial charge on any atom is 0.412 e. The second-order valence-corrected chi connectivity index (χ2v) is 7.05. The van der Waals surface area contributed by atoms with E-state index in [0.717, 1.165) is 31.5 Å². The van der Waals surface area contributed by atoms with Crippen molar-refractivity contribution in [2.45, 2.75) is 39.2 Å². The van der Waals surface area contributed by atoms with Crippen molar-refractivity contribution in [1.29, 1.82) is 0 Å². The zero-order valence-corrected chi connectivity index (χ0v) is 15.2. The molecule has 1 fully saturated rings. The fraction of sp³-hybridized carbons (Fsp3) is 0.611. The monoisotopic (exact) mass is 336 g/mol. The molecular formula is C18H28N2O4. The van der Waals surface area contributed by atoms with Gasteiger partial charge in [-0.2, -0.15) is 0 Å². The van der Waals surface area contributed by atoms with Crippen LogP contribution in [0.2, 0.25) is 0 Å². The number of rotatable bonds is 5. The van der Waals surface area contributed by atoms with E-state index < -0.39 is 11.7 Å². The van der Waals surface area contributed by atoms with Crippen molar-refractivity contribution in [3.05, 3.63) is 17.7 Å². The van der Waals surface area contributed by atoms with Crippen LogP contribution < -0.4 is 20.1 Å². The number of carbonyl (C=O) groups excluding carboxylic acids is 1. The van der Waals surface area contributed by atoms with E-state index in [9.17, 15) is 4.79 Å². The van der Waals surface area contributed by atoms with E-state index in [2.05, 4.69) is 10.6 Å². The van der Waals surface area contributed by atoms with Crippen LogP contribution >= 0.6 is 0 Å². The van der Waals surface area contributed by atoms with Crippen LogP contribution in [0.1, 0.15) is 32.8 Å². The van der Waals surface area contributed by atoms with Gasteiger partial charge in [-0.15, -0.1) is 0 Å². The lowest BCUT2D eigenvalue weighted by molar-refractivity contribution is 0.0635. The lowest BCUT2D eigenvalue weighted by Crippen LogP contribution is -2.27. The van der Waals surface area contributed by atoms with Crippen LogP contribution in [-0.2, 0) is 11.2 Å². The molecule has 0 bridgehead atoms. The van der Waals surface area contributed by atoms with Crippen molar-refractivity contribution in [3.63, 3.8) is 0 Å². The van der Waals surface area contributed by atoms with Crippen molar-refractivity contribution in [2.24, 2.45) is 5.92 Å². The zero-order chi connectivity index (χ0) is 17.7. The minimum atomic E-state index is -0.545. The van der Waals surface area contributed by atoms with Crippen LogP contribution in [0.25, 0.3) is 0 Å². The van der Waals surface area contributed by atoms with Gasteiger partial charge in [-0.1, -0.05) is 0 Å². The Morgan fingerprint density at radius 3 is 2.46 bits per heavy atom. The molecule has 2 N–H and O–H groups in total. The summed E-state index contributed by atoms with van der Waals surface area (Å²) in [5.74, 6) is 1.78. The third kappa shape index (κ3) is 5.03. The van der Waals surface area contributed by atoms with Gasteiger partial charge >= 0.3 is 6.09 Å². The number of hydrogen-bond donors (Lipinski definition) is 2. The molecule has 1 saturated heterocycles. The average molecular weight is 336 g/mol. The Hall–Kier alpha value is -1.95. The third-order valence-electron chi connectivity index (χ3n) is 3.92. The molecule has 2 rings (SSSR count). The summed E-state index contributed by atoms with van der Waals surface area (Å²) < 4.78 is 16.1. The van der Waals surface area contributed by atoms with Gasteiger partial charge in [0.25, 0.3) is 0 Å². The minimum absolute atomic E-state index is 0.472. The van der Waals surface area contributed by atoms with Gasteiger partial charge in [0.15, 0.2) is 11.5 Å². The van der Waals surface area contributed by atoms with Crippen LogP contribution in [0.3, 0.4) is 0 Å². The van der Waals surface area contributed by atoms with E-state index in [1.807, 2.05) is 26.8 Å². The van der Waals surface area contributed by atoms with Gasteiger partial charge in [0.1, 0.15) is 5.60 Å². The smallest absolute Gasteiger partial charge is 0.412 e. The molecule has 6 nitrogen and oxygen atoms in total. The van der Waals surface area contributed by atoms with Gasteiger partial charge < -0.3 is 19.5 Å². The van der Waals surface area contributed by atoms with Crippen molar-refractivity contribution in [1.82, 2.24) is 5.32 Å². The first kappa shape index (κ1) is 18.4. The van der Waals surface area contributed by atoms with Crippen molar-refractivity contribution in [2.75, 3.05) is 32.6 Å². The van der Waals surface area contributed by atoms with E-state index in [-0.39, 0.29) is 0 Å². The summed E-state index contributed by atoms with van der Waals surface area (Å²) in [6.07, 6.45) is 1.51. The Kier molecular flexibility index (Phi) is 5.94. The van der Waals surface area contributed by atoms with Crippen molar-refractivity contribution >= 4 is 11.8 Å². The minimum Gasteiger partial charge on any atom is -0.493 e.